The fourth-order valence-corrected chi connectivity index (χ4v) is 4.13. The minimum atomic E-state index is -0.0797. The second-order valence-corrected chi connectivity index (χ2v) is 8.52. The topological polar surface area (TPSA) is 72.9 Å². The van der Waals surface area contributed by atoms with Crippen LogP contribution < -0.4 is 5.32 Å². The Bertz CT molecular complexity index is 741. The van der Waals surface area contributed by atoms with Gasteiger partial charge in [-0.3, -0.25) is 14.5 Å². The van der Waals surface area contributed by atoms with Gasteiger partial charge in [0, 0.05) is 49.7 Å². The van der Waals surface area contributed by atoms with Crippen molar-refractivity contribution in [2.75, 3.05) is 32.7 Å². The number of carbonyl (C=O) groups is 2. The molecule has 2 amide bonds. The molecule has 1 saturated heterocycles. The lowest BCUT2D eigenvalue weighted by molar-refractivity contribution is -0.134. The first-order valence-corrected chi connectivity index (χ1v) is 11.1. The van der Waals surface area contributed by atoms with E-state index in [-0.39, 0.29) is 29.5 Å². The summed E-state index contributed by atoms with van der Waals surface area (Å²) in [6.07, 6.45) is 4.89. The molecule has 0 aromatic heterocycles. The number of hydrogen-bond donors (Lipinski definition) is 2. The predicted molar refractivity (Wildman–Crippen MR) is 120 cm³/mol. The summed E-state index contributed by atoms with van der Waals surface area (Å²) in [5.74, 6) is 0.0900. The first kappa shape index (κ1) is 24.2. The van der Waals surface area contributed by atoms with Crippen LogP contribution in [-0.4, -0.2) is 59.4 Å². The van der Waals surface area contributed by atoms with E-state index in [0.717, 1.165) is 24.8 Å². The van der Waals surface area contributed by atoms with Crippen LogP contribution in [0.3, 0.4) is 0 Å². The third kappa shape index (κ3) is 6.74. The highest BCUT2D eigenvalue weighted by atomic mass is 35.5. The summed E-state index contributed by atoms with van der Waals surface area (Å²) in [5, 5.41) is 13.4. The zero-order chi connectivity index (χ0) is 22.1. The minimum absolute atomic E-state index is 0.0332. The molecule has 0 radical (unpaired) electrons. The molecule has 0 spiro atoms. The van der Waals surface area contributed by atoms with Crippen LogP contribution >= 0.6 is 11.6 Å². The second-order valence-electron chi connectivity index (χ2n) is 8.08. The molecule has 1 aliphatic rings. The highest BCUT2D eigenvalue weighted by Gasteiger charge is 2.28. The summed E-state index contributed by atoms with van der Waals surface area (Å²) < 4.78 is 0. The predicted octanol–water partition coefficient (Wildman–Crippen LogP) is 3.58. The molecule has 0 aliphatic carbocycles. The first-order valence-electron chi connectivity index (χ1n) is 10.7. The van der Waals surface area contributed by atoms with E-state index >= 15 is 0 Å². The Hall–Kier alpha value is -2.05. The second kappa shape index (κ2) is 11.4. The highest BCUT2D eigenvalue weighted by molar-refractivity contribution is 6.30. The van der Waals surface area contributed by atoms with Gasteiger partial charge in [-0.05, 0) is 42.9 Å². The van der Waals surface area contributed by atoms with Gasteiger partial charge >= 0.3 is 0 Å². The lowest BCUT2D eigenvalue weighted by Gasteiger charge is -2.35. The molecule has 0 saturated carbocycles. The first-order chi connectivity index (χ1) is 14.3. The van der Waals surface area contributed by atoms with Gasteiger partial charge in [-0.2, -0.15) is 0 Å². The average molecular weight is 436 g/mol. The standard InChI is InChI=1S/C23H34ClN3O3/c1-4-9-23(5-2,6-3)15-21(29)25-16-22(30)27-12-10-26(11-13-27)17-18-14-19(24)7-8-20(18)28/h4,7-8,14,28H,1,5-6,9-13,15-17H2,2-3H3,(H,25,29). The summed E-state index contributed by atoms with van der Waals surface area (Å²) in [6, 6.07) is 5.03. The van der Waals surface area contributed by atoms with Crippen molar-refractivity contribution in [1.29, 1.82) is 0 Å². The van der Waals surface area contributed by atoms with E-state index in [9.17, 15) is 14.7 Å². The van der Waals surface area contributed by atoms with Crippen molar-refractivity contribution in [3.8, 4) is 5.75 Å². The van der Waals surface area contributed by atoms with Gasteiger partial charge < -0.3 is 15.3 Å². The number of halogens is 1. The van der Waals surface area contributed by atoms with Crippen molar-refractivity contribution in [2.24, 2.45) is 5.41 Å². The number of hydrogen-bond acceptors (Lipinski definition) is 4. The molecule has 7 heteroatoms. The number of phenols is 1. The van der Waals surface area contributed by atoms with Crippen molar-refractivity contribution < 1.29 is 14.7 Å². The Morgan fingerprint density at radius 3 is 2.50 bits per heavy atom. The number of aromatic hydroxyl groups is 1. The van der Waals surface area contributed by atoms with E-state index in [0.29, 0.717) is 44.2 Å². The number of nitrogens with zero attached hydrogens (tertiary/aromatic N) is 2. The molecule has 1 fully saturated rings. The average Bonchev–Trinajstić information content (AvgIpc) is 2.74. The number of amides is 2. The number of benzene rings is 1. The Balaban J connectivity index is 1.78. The number of piperazine rings is 1. The van der Waals surface area contributed by atoms with E-state index in [4.69, 9.17) is 11.6 Å². The molecule has 1 aromatic carbocycles. The molecule has 0 bridgehead atoms. The van der Waals surface area contributed by atoms with E-state index in [2.05, 4.69) is 30.6 Å². The lowest BCUT2D eigenvalue weighted by atomic mass is 9.76. The normalized spacial score (nSPS) is 15.1. The monoisotopic (exact) mass is 435 g/mol. The minimum Gasteiger partial charge on any atom is -0.508 e. The molecule has 6 nitrogen and oxygen atoms in total. The van der Waals surface area contributed by atoms with E-state index in [1.807, 2.05) is 6.08 Å². The van der Waals surface area contributed by atoms with Crippen LogP contribution in [-0.2, 0) is 16.1 Å². The summed E-state index contributed by atoms with van der Waals surface area (Å²) in [4.78, 5) is 28.9. The fourth-order valence-electron chi connectivity index (χ4n) is 3.93. The van der Waals surface area contributed by atoms with Gasteiger partial charge in [0.1, 0.15) is 5.75 Å². The van der Waals surface area contributed by atoms with Crippen LogP contribution in [0.5, 0.6) is 5.75 Å². The van der Waals surface area contributed by atoms with Crippen LogP contribution in [0.4, 0.5) is 0 Å². The Morgan fingerprint density at radius 1 is 1.23 bits per heavy atom. The molecule has 30 heavy (non-hydrogen) atoms. The summed E-state index contributed by atoms with van der Waals surface area (Å²) >= 11 is 6.01. The van der Waals surface area contributed by atoms with Crippen LogP contribution in [0.2, 0.25) is 5.02 Å². The molecule has 166 valence electrons. The number of carbonyl (C=O) groups excluding carboxylic acids is 2. The van der Waals surface area contributed by atoms with Crippen molar-refractivity contribution in [3.05, 3.63) is 41.4 Å². The summed E-state index contributed by atoms with van der Waals surface area (Å²) in [7, 11) is 0. The molecule has 2 N–H and O–H groups in total. The summed E-state index contributed by atoms with van der Waals surface area (Å²) in [6.45, 7) is 11.2. The Kier molecular flexibility index (Phi) is 9.18. The molecule has 2 rings (SSSR count). The van der Waals surface area contributed by atoms with Gasteiger partial charge in [0.25, 0.3) is 0 Å². The number of nitrogens with one attached hydrogen (secondary N) is 1. The SMILES string of the molecule is C=CCC(CC)(CC)CC(=O)NCC(=O)N1CCN(Cc2cc(Cl)ccc2O)CC1. The number of phenolic OH excluding ortho intramolecular Hbond substituents is 1. The quantitative estimate of drug-likeness (QED) is 0.551. The van der Waals surface area contributed by atoms with Crippen molar-refractivity contribution >= 4 is 23.4 Å². The van der Waals surface area contributed by atoms with Crippen molar-refractivity contribution in [3.63, 3.8) is 0 Å². The van der Waals surface area contributed by atoms with E-state index in [1.165, 1.54) is 0 Å². The molecular formula is C23H34ClN3O3. The fraction of sp³-hybridized carbons (Fsp3) is 0.565. The maximum absolute atomic E-state index is 12.5. The molecule has 1 aliphatic heterocycles. The molecule has 1 heterocycles. The third-order valence-electron chi connectivity index (χ3n) is 6.21. The van der Waals surface area contributed by atoms with Gasteiger partial charge in [-0.15, -0.1) is 6.58 Å². The van der Waals surface area contributed by atoms with E-state index < -0.39 is 0 Å². The van der Waals surface area contributed by atoms with Gasteiger partial charge in [0.05, 0.1) is 6.54 Å². The molecule has 0 atom stereocenters. The van der Waals surface area contributed by atoms with Gasteiger partial charge in [0.2, 0.25) is 11.8 Å². The number of rotatable bonds is 10. The van der Waals surface area contributed by atoms with Crippen LogP contribution in [0.15, 0.2) is 30.9 Å². The van der Waals surface area contributed by atoms with Crippen LogP contribution in [0.1, 0.15) is 45.1 Å². The highest BCUT2D eigenvalue weighted by Crippen LogP contribution is 2.34. The molecule has 1 aromatic rings. The maximum atomic E-state index is 12.5. The van der Waals surface area contributed by atoms with Crippen molar-refractivity contribution in [2.45, 2.75) is 46.1 Å². The molecule has 0 unspecified atom stereocenters. The van der Waals surface area contributed by atoms with Crippen LogP contribution in [0.25, 0.3) is 0 Å². The van der Waals surface area contributed by atoms with Crippen LogP contribution in [0, 0.1) is 5.41 Å². The Morgan fingerprint density at radius 2 is 1.90 bits per heavy atom. The zero-order valence-electron chi connectivity index (χ0n) is 18.1. The van der Waals surface area contributed by atoms with Gasteiger partial charge in [0.15, 0.2) is 0 Å². The van der Waals surface area contributed by atoms with E-state index in [1.54, 1.807) is 23.1 Å². The van der Waals surface area contributed by atoms with Gasteiger partial charge in [-0.25, -0.2) is 0 Å². The Labute approximate surface area is 184 Å². The molecular weight excluding hydrogens is 402 g/mol. The maximum Gasteiger partial charge on any atom is 0.242 e. The number of allylic oxidation sites excluding steroid dienone is 1. The lowest BCUT2D eigenvalue weighted by Crippen LogP contribution is -2.51. The zero-order valence-corrected chi connectivity index (χ0v) is 18.9. The largest absolute Gasteiger partial charge is 0.508 e. The van der Waals surface area contributed by atoms with Gasteiger partial charge in [-0.1, -0.05) is 31.5 Å². The third-order valence-corrected chi connectivity index (χ3v) is 6.45. The summed E-state index contributed by atoms with van der Waals surface area (Å²) in [5.41, 5.74) is 0.705. The smallest absolute Gasteiger partial charge is 0.242 e. The van der Waals surface area contributed by atoms with Crippen molar-refractivity contribution in [1.82, 2.24) is 15.1 Å².